The summed E-state index contributed by atoms with van der Waals surface area (Å²) in [5, 5.41) is 5.40. The molecule has 2 heterocycles. The van der Waals surface area contributed by atoms with Gasteiger partial charge in [0.1, 0.15) is 13.2 Å². The fraction of sp³-hybridized carbons (Fsp3) is 0.500. The Balaban J connectivity index is 1.44. The molecule has 1 aromatic carbocycles. The van der Waals surface area contributed by atoms with Gasteiger partial charge in [-0.3, -0.25) is 14.4 Å². The van der Waals surface area contributed by atoms with Gasteiger partial charge in [-0.2, -0.15) is 0 Å². The third-order valence-corrected chi connectivity index (χ3v) is 4.56. The summed E-state index contributed by atoms with van der Waals surface area (Å²) in [6, 6.07) is 5.17. The summed E-state index contributed by atoms with van der Waals surface area (Å²) >= 11 is 0. The second kappa shape index (κ2) is 8.07. The quantitative estimate of drug-likeness (QED) is 0.826. The maximum atomic E-state index is 12.2. The minimum atomic E-state index is -0.309. The molecule has 0 unspecified atom stereocenters. The van der Waals surface area contributed by atoms with Crippen LogP contribution in [0.4, 0.5) is 5.69 Å². The average Bonchev–Trinajstić information content (AvgIpc) is 2.66. The molecule has 0 spiro atoms. The summed E-state index contributed by atoms with van der Waals surface area (Å²) in [6.07, 6.45) is 1.24. The van der Waals surface area contributed by atoms with Crippen molar-refractivity contribution >= 4 is 23.4 Å². The zero-order valence-electron chi connectivity index (χ0n) is 14.7. The fourth-order valence-corrected chi connectivity index (χ4v) is 3.09. The van der Waals surface area contributed by atoms with Gasteiger partial charge in [-0.1, -0.05) is 0 Å². The zero-order valence-corrected chi connectivity index (χ0v) is 14.7. The predicted molar refractivity (Wildman–Crippen MR) is 94.0 cm³/mol. The summed E-state index contributed by atoms with van der Waals surface area (Å²) in [6.45, 7) is 3.58. The first-order valence-electron chi connectivity index (χ1n) is 8.75. The van der Waals surface area contributed by atoms with Crippen molar-refractivity contribution in [1.82, 2.24) is 10.2 Å². The van der Waals surface area contributed by atoms with Gasteiger partial charge < -0.3 is 25.0 Å². The number of amides is 3. The molecule has 26 heavy (non-hydrogen) atoms. The van der Waals surface area contributed by atoms with Crippen molar-refractivity contribution in [3.63, 3.8) is 0 Å². The van der Waals surface area contributed by atoms with E-state index in [1.807, 2.05) is 0 Å². The van der Waals surface area contributed by atoms with E-state index in [-0.39, 0.29) is 30.2 Å². The van der Waals surface area contributed by atoms with Crippen LogP contribution in [-0.4, -0.2) is 55.5 Å². The van der Waals surface area contributed by atoms with Crippen molar-refractivity contribution in [2.24, 2.45) is 5.92 Å². The van der Waals surface area contributed by atoms with Crippen molar-refractivity contribution in [2.75, 3.05) is 38.2 Å². The molecule has 2 N–H and O–H groups in total. The average molecular weight is 361 g/mol. The van der Waals surface area contributed by atoms with Crippen LogP contribution in [0, 0.1) is 5.92 Å². The molecule has 2 aliphatic rings. The first-order valence-corrected chi connectivity index (χ1v) is 8.75. The SMILES string of the molecule is CC(=O)N1CCC(C(=O)NCC(=O)Nc2ccc3c(c2)OCCO3)CC1. The van der Waals surface area contributed by atoms with Crippen molar-refractivity contribution in [3.8, 4) is 11.5 Å². The summed E-state index contributed by atoms with van der Waals surface area (Å²) in [4.78, 5) is 37.3. The minimum Gasteiger partial charge on any atom is -0.486 e. The molecule has 1 saturated heterocycles. The van der Waals surface area contributed by atoms with Crippen LogP contribution in [0.5, 0.6) is 11.5 Å². The molecular formula is C18H23N3O5. The number of fused-ring (bicyclic) bond motifs is 1. The van der Waals surface area contributed by atoms with Crippen LogP contribution in [0.1, 0.15) is 19.8 Å². The Hall–Kier alpha value is -2.77. The minimum absolute atomic E-state index is 0.0302. The number of ether oxygens (including phenoxy) is 2. The number of hydrogen-bond acceptors (Lipinski definition) is 5. The van der Waals surface area contributed by atoms with E-state index < -0.39 is 0 Å². The molecule has 0 radical (unpaired) electrons. The predicted octanol–water partition coefficient (Wildman–Crippen LogP) is 0.771. The maximum absolute atomic E-state index is 12.2. The first kappa shape index (κ1) is 18.0. The molecule has 0 aliphatic carbocycles. The number of nitrogens with one attached hydrogen (secondary N) is 2. The lowest BCUT2D eigenvalue weighted by Gasteiger charge is -2.30. The third-order valence-electron chi connectivity index (χ3n) is 4.56. The highest BCUT2D eigenvalue weighted by Gasteiger charge is 2.26. The molecule has 0 saturated carbocycles. The molecule has 0 aromatic heterocycles. The molecule has 3 rings (SSSR count). The van der Waals surface area contributed by atoms with Gasteiger partial charge in [0.05, 0.1) is 6.54 Å². The Morgan fingerprint density at radius 1 is 1.12 bits per heavy atom. The van der Waals surface area contributed by atoms with Gasteiger partial charge in [0.15, 0.2) is 11.5 Å². The van der Waals surface area contributed by atoms with E-state index in [1.54, 1.807) is 23.1 Å². The third kappa shape index (κ3) is 4.44. The lowest BCUT2D eigenvalue weighted by Crippen LogP contribution is -2.43. The summed E-state index contributed by atoms with van der Waals surface area (Å²) in [5.74, 6) is 0.659. The van der Waals surface area contributed by atoms with E-state index in [4.69, 9.17) is 9.47 Å². The zero-order chi connectivity index (χ0) is 18.5. The monoisotopic (exact) mass is 361 g/mol. The van der Waals surface area contributed by atoms with Crippen molar-refractivity contribution in [2.45, 2.75) is 19.8 Å². The Labute approximate surface area is 151 Å². The smallest absolute Gasteiger partial charge is 0.243 e. The Morgan fingerprint density at radius 2 is 1.81 bits per heavy atom. The number of nitrogens with zero attached hydrogens (tertiary/aromatic N) is 1. The van der Waals surface area contributed by atoms with Gasteiger partial charge in [0, 0.05) is 37.7 Å². The fourth-order valence-electron chi connectivity index (χ4n) is 3.09. The van der Waals surface area contributed by atoms with Crippen molar-refractivity contribution in [1.29, 1.82) is 0 Å². The lowest BCUT2D eigenvalue weighted by molar-refractivity contribution is -0.134. The van der Waals surface area contributed by atoms with Gasteiger partial charge in [-0.25, -0.2) is 0 Å². The van der Waals surface area contributed by atoms with E-state index in [2.05, 4.69) is 10.6 Å². The molecule has 8 heteroatoms. The Bertz CT molecular complexity index is 698. The van der Waals surface area contributed by atoms with Crippen molar-refractivity contribution < 1.29 is 23.9 Å². The second-order valence-electron chi connectivity index (χ2n) is 6.40. The van der Waals surface area contributed by atoms with Gasteiger partial charge in [0.2, 0.25) is 17.7 Å². The molecule has 140 valence electrons. The number of anilines is 1. The van der Waals surface area contributed by atoms with E-state index in [9.17, 15) is 14.4 Å². The van der Waals surface area contributed by atoms with Crippen LogP contribution in [0.3, 0.4) is 0 Å². The van der Waals surface area contributed by atoms with Gasteiger partial charge in [-0.15, -0.1) is 0 Å². The molecule has 1 fully saturated rings. The molecule has 0 atom stereocenters. The number of piperidine rings is 1. The molecular weight excluding hydrogens is 338 g/mol. The van der Waals surface area contributed by atoms with E-state index >= 15 is 0 Å². The van der Waals surface area contributed by atoms with E-state index in [0.717, 1.165) is 0 Å². The number of likely N-dealkylation sites (tertiary alicyclic amines) is 1. The van der Waals surface area contributed by atoms with Crippen LogP contribution in [-0.2, 0) is 14.4 Å². The molecule has 1 aromatic rings. The summed E-state index contributed by atoms with van der Waals surface area (Å²) in [7, 11) is 0. The number of carbonyl (C=O) groups excluding carboxylic acids is 3. The van der Waals surface area contributed by atoms with Crippen LogP contribution < -0.4 is 20.1 Å². The van der Waals surface area contributed by atoms with Crippen LogP contribution >= 0.6 is 0 Å². The highest BCUT2D eigenvalue weighted by atomic mass is 16.6. The lowest BCUT2D eigenvalue weighted by atomic mass is 9.96. The van der Waals surface area contributed by atoms with Gasteiger partial charge in [0.25, 0.3) is 0 Å². The van der Waals surface area contributed by atoms with Crippen molar-refractivity contribution in [3.05, 3.63) is 18.2 Å². The Kier molecular flexibility index (Phi) is 5.60. The largest absolute Gasteiger partial charge is 0.486 e. The topological polar surface area (TPSA) is 97.0 Å². The van der Waals surface area contributed by atoms with E-state index in [1.165, 1.54) is 6.92 Å². The molecule has 0 bridgehead atoms. The van der Waals surface area contributed by atoms with E-state index in [0.29, 0.717) is 56.3 Å². The second-order valence-corrected chi connectivity index (χ2v) is 6.40. The summed E-state index contributed by atoms with van der Waals surface area (Å²) < 4.78 is 10.9. The van der Waals surface area contributed by atoms with Crippen LogP contribution in [0.15, 0.2) is 18.2 Å². The highest BCUT2D eigenvalue weighted by Crippen LogP contribution is 2.32. The molecule has 3 amide bonds. The number of carbonyl (C=O) groups is 3. The van der Waals surface area contributed by atoms with Crippen LogP contribution in [0.2, 0.25) is 0 Å². The Morgan fingerprint density at radius 3 is 2.50 bits per heavy atom. The first-order chi connectivity index (χ1) is 12.5. The number of rotatable bonds is 4. The summed E-state index contributed by atoms with van der Waals surface area (Å²) in [5.41, 5.74) is 0.586. The normalized spacial score (nSPS) is 16.7. The van der Waals surface area contributed by atoms with Gasteiger partial charge in [-0.05, 0) is 25.0 Å². The molecule has 2 aliphatic heterocycles. The maximum Gasteiger partial charge on any atom is 0.243 e. The number of benzene rings is 1. The standard InChI is InChI=1S/C18H23N3O5/c1-12(22)21-6-4-13(5-7-21)18(24)19-11-17(23)20-14-2-3-15-16(10-14)26-9-8-25-15/h2-3,10,13H,4-9,11H2,1H3,(H,19,24)(H,20,23). The van der Waals surface area contributed by atoms with Gasteiger partial charge >= 0.3 is 0 Å². The van der Waals surface area contributed by atoms with Crippen LogP contribution in [0.25, 0.3) is 0 Å². The highest BCUT2D eigenvalue weighted by molar-refractivity contribution is 5.95. The molecule has 8 nitrogen and oxygen atoms in total. The number of hydrogen-bond donors (Lipinski definition) is 2.